The number of imide groups is 1. The van der Waals surface area contributed by atoms with Crippen LogP contribution in [0.5, 0.6) is 0 Å². The number of benzene rings is 2. The predicted octanol–water partition coefficient (Wildman–Crippen LogP) is 3.46. The van der Waals surface area contributed by atoms with Crippen molar-refractivity contribution in [3.05, 3.63) is 54.1 Å². The lowest BCUT2D eigenvalue weighted by atomic mass is 10.0. The first-order chi connectivity index (χ1) is 14.9. The van der Waals surface area contributed by atoms with E-state index in [4.69, 9.17) is 0 Å². The number of hydrogen-bond acceptors (Lipinski definition) is 7. The Labute approximate surface area is 184 Å². The number of fused-ring (bicyclic) bond motifs is 1. The molecule has 0 radical (unpaired) electrons. The molecule has 9 heteroatoms. The van der Waals surface area contributed by atoms with E-state index < -0.39 is 23.9 Å². The fourth-order valence-electron chi connectivity index (χ4n) is 3.67. The number of anilines is 2. The second-order valence-corrected chi connectivity index (χ2v) is 8.61. The first-order valence-corrected chi connectivity index (χ1v) is 11.2. The normalized spacial score (nSPS) is 20.0. The van der Waals surface area contributed by atoms with E-state index in [2.05, 4.69) is 29.5 Å². The largest absolute Gasteiger partial charge is 0.324 e. The number of hydrogen-bond donors (Lipinski definition) is 1. The monoisotopic (exact) mass is 437 g/mol. The second kappa shape index (κ2) is 8.50. The zero-order chi connectivity index (χ0) is 22.1. The van der Waals surface area contributed by atoms with E-state index in [1.165, 1.54) is 5.01 Å². The maximum Gasteiger partial charge on any atom is 0.263 e. The third kappa shape index (κ3) is 4.05. The number of carbonyl (C=O) groups excluding carboxylic acids is 3. The Morgan fingerprint density at radius 3 is 2.55 bits per heavy atom. The Morgan fingerprint density at radius 2 is 1.87 bits per heavy atom. The van der Waals surface area contributed by atoms with Gasteiger partial charge in [0.25, 0.3) is 11.8 Å². The second-order valence-electron chi connectivity index (χ2n) is 7.73. The summed E-state index contributed by atoms with van der Waals surface area (Å²) < 4.78 is 0. The topological polar surface area (TPSA) is 94.4 Å². The van der Waals surface area contributed by atoms with E-state index in [1.807, 2.05) is 36.6 Å². The zero-order valence-corrected chi connectivity index (χ0v) is 18.3. The summed E-state index contributed by atoms with van der Waals surface area (Å²) in [6, 6.07) is 13.0. The Balaban J connectivity index is 1.47. The van der Waals surface area contributed by atoms with Gasteiger partial charge >= 0.3 is 0 Å². The average molecular weight is 438 g/mol. The van der Waals surface area contributed by atoms with Gasteiger partial charge in [-0.3, -0.25) is 19.4 Å². The molecule has 2 aliphatic heterocycles. The molecule has 0 spiro atoms. The highest BCUT2D eigenvalue weighted by atomic mass is 32.2. The summed E-state index contributed by atoms with van der Waals surface area (Å²) in [5, 5.41) is 12.0. The van der Waals surface area contributed by atoms with Gasteiger partial charge in [0, 0.05) is 10.6 Å². The van der Waals surface area contributed by atoms with E-state index in [0.29, 0.717) is 17.3 Å². The number of carbonyl (C=O) groups is 3. The van der Waals surface area contributed by atoms with Crippen LogP contribution in [0, 0.1) is 0 Å². The summed E-state index contributed by atoms with van der Waals surface area (Å²) in [4.78, 5) is 40.6. The van der Waals surface area contributed by atoms with Gasteiger partial charge < -0.3 is 5.32 Å². The van der Waals surface area contributed by atoms with E-state index in [9.17, 15) is 14.4 Å². The van der Waals surface area contributed by atoms with Crippen molar-refractivity contribution in [2.75, 3.05) is 23.0 Å². The molecular formula is C22H23N5O3S. The first-order valence-electron chi connectivity index (χ1n) is 9.98. The van der Waals surface area contributed by atoms with Crippen LogP contribution in [0.15, 0.2) is 63.8 Å². The van der Waals surface area contributed by atoms with E-state index in [0.717, 1.165) is 15.4 Å². The molecule has 0 bridgehead atoms. The minimum absolute atomic E-state index is 0.173. The van der Waals surface area contributed by atoms with Crippen molar-refractivity contribution < 1.29 is 14.4 Å². The van der Waals surface area contributed by atoms with Gasteiger partial charge in [-0.15, -0.1) is 11.8 Å². The molecule has 2 aromatic carbocycles. The Bertz CT molecular complexity index is 1050. The van der Waals surface area contributed by atoms with Crippen molar-refractivity contribution in [2.45, 2.75) is 36.7 Å². The first kappa shape index (κ1) is 21.0. The maximum atomic E-state index is 13.1. The van der Waals surface area contributed by atoms with E-state index >= 15 is 0 Å². The summed E-state index contributed by atoms with van der Waals surface area (Å²) >= 11 is 1.57. The summed E-state index contributed by atoms with van der Waals surface area (Å²) in [6.45, 7) is 3.98. The lowest BCUT2D eigenvalue weighted by Crippen LogP contribution is -2.43. The Morgan fingerprint density at radius 1 is 1.13 bits per heavy atom. The summed E-state index contributed by atoms with van der Waals surface area (Å²) in [5.74, 6) is -0.836. The highest BCUT2D eigenvalue weighted by Crippen LogP contribution is 2.32. The lowest BCUT2D eigenvalue weighted by Gasteiger charge is -2.20. The molecule has 160 valence electrons. The molecule has 2 aromatic rings. The Hall–Kier alpha value is -3.20. The van der Waals surface area contributed by atoms with Gasteiger partial charge in [0.05, 0.1) is 5.69 Å². The van der Waals surface area contributed by atoms with Crippen LogP contribution < -0.4 is 10.2 Å². The number of thioether (sulfide) groups is 1. The van der Waals surface area contributed by atoms with Crippen LogP contribution in [0.4, 0.5) is 11.4 Å². The zero-order valence-electron chi connectivity index (χ0n) is 17.5. The van der Waals surface area contributed by atoms with Crippen molar-refractivity contribution in [2.24, 2.45) is 10.3 Å². The minimum Gasteiger partial charge on any atom is -0.324 e. The molecule has 8 nitrogen and oxygen atoms in total. The molecule has 2 aliphatic rings. The molecule has 31 heavy (non-hydrogen) atoms. The van der Waals surface area contributed by atoms with Gasteiger partial charge in [0.1, 0.15) is 6.54 Å². The van der Waals surface area contributed by atoms with Crippen molar-refractivity contribution in [1.82, 2.24) is 5.01 Å². The van der Waals surface area contributed by atoms with E-state index in [1.54, 1.807) is 30.0 Å². The van der Waals surface area contributed by atoms with Crippen molar-refractivity contribution in [3.8, 4) is 0 Å². The van der Waals surface area contributed by atoms with Crippen LogP contribution >= 0.6 is 11.8 Å². The lowest BCUT2D eigenvalue weighted by molar-refractivity contribution is -0.123. The van der Waals surface area contributed by atoms with Crippen LogP contribution in [0.1, 0.15) is 25.3 Å². The van der Waals surface area contributed by atoms with Gasteiger partial charge in [0.15, 0.2) is 12.1 Å². The molecule has 4 rings (SSSR count). The van der Waals surface area contributed by atoms with Gasteiger partial charge in [-0.05, 0) is 48.1 Å². The third-order valence-electron chi connectivity index (χ3n) is 5.33. The minimum atomic E-state index is -0.926. The number of nitrogens with one attached hydrogen (secondary N) is 1. The van der Waals surface area contributed by atoms with Gasteiger partial charge in [-0.25, -0.2) is 4.90 Å². The molecule has 2 atom stereocenters. The molecule has 1 N–H and O–H groups in total. The number of rotatable bonds is 6. The van der Waals surface area contributed by atoms with Gasteiger partial charge in [-0.2, -0.15) is 5.11 Å². The number of amides is 3. The van der Waals surface area contributed by atoms with Crippen LogP contribution in [0.2, 0.25) is 0 Å². The van der Waals surface area contributed by atoms with Crippen LogP contribution in [-0.2, 0) is 14.4 Å². The molecular weight excluding hydrogens is 414 g/mol. The average Bonchev–Trinajstić information content (AvgIpc) is 3.27. The summed E-state index contributed by atoms with van der Waals surface area (Å²) in [7, 11) is 0. The van der Waals surface area contributed by atoms with Crippen molar-refractivity contribution in [1.29, 1.82) is 0 Å². The maximum absolute atomic E-state index is 13.1. The molecule has 2 heterocycles. The molecule has 1 fully saturated rings. The molecule has 0 saturated carbocycles. The van der Waals surface area contributed by atoms with Crippen LogP contribution in [0.3, 0.4) is 0 Å². The van der Waals surface area contributed by atoms with E-state index in [-0.39, 0.29) is 12.5 Å². The molecule has 1 saturated heterocycles. The standard InChI is InChI=1S/C22H23N5O3S/c1-13(2)14-7-9-16(10-8-14)27-21(29)19-20(22(27)30)26(25-24-19)12-18(28)23-15-5-4-6-17(11-15)31-3/h4-11,13,19-20H,12H2,1-3H3,(H,23,28). The predicted molar refractivity (Wildman–Crippen MR) is 119 cm³/mol. The SMILES string of the molecule is CSc1cccc(NC(=O)CN2N=NC3C(=O)N(c4ccc(C(C)C)cc4)C(=O)C32)c1. The molecule has 0 aromatic heterocycles. The van der Waals surface area contributed by atoms with Gasteiger partial charge in [0.2, 0.25) is 5.91 Å². The van der Waals surface area contributed by atoms with Crippen molar-refractivity contribution in [3.63, 3.8) is 0 Å². The molecule has 2 unspecified atom stereocenters. The van der Waals surface area contributed by atoms with Crippen LogP contribution in [-0.4, -0.2) is 47.6 Å². The summed E-state index contributed by atoms with van der Waals surface area (Å²) in [6.07, 6.45) is 1.95. The highest BCUT2D eigenvalue weighted by Gasteiger charge is 2.55. The van der Waals surface area contributed by atoms with Gasteiger partial charge in [-0.1, -0.05) is 37.3 Å². The third-order valence-corrected chi connectivity index (χ3v) is 6.06. The van der Waals surface area contributed by atoms with Crippen LogP contribution in [0.25, 0.3) is 0 Å². The molecule has 3 amide bonds. The fourth-order valence-corrected chi connectivity index (χ4v) is 4.12. The Kier molecular flexibility index (Phi) is 5.77. The quantitative estimate of drug-likeness (QED) is 0.552. The highest BCUT2D eigenvalue weighted by molar-refractivity contribution is 7.98. The fraction of sp³-hybridized carbons (Fsp3) is 0.318. The number of nitrogens with zero attached hydrogens (tertiary/aromatic N) is 4. The summed E-state index contributed by atoms with van der Waals surface area (Å²) in [5.41, 5.74) is 2.28. The molecule has 0 aliphatic carbocycles. The van der Waals surface area contributed by atoms with Crippen molar-refractivity contribution >= 4 is 40.9 Å². The smallest absolute Gasteiger partial charge is 0.263 e.